The van der Waals surface area contributed by atoms with Gasteiger partial charge in [-0.3, -0.25) is 0 Å². The molecule has 1 rings (SSSR count). The van der Waals surface area contributed by atoms with Crippen molar-refractivity contribution < 1.29 is 4.74 Å². The predicted octanol–water partition coefficient (Wildman–Crippen LogP) is 1.80. The number of hydrogen-bond acceptors (Lipinski definition) is 2. The Labute approximate surface area is 72.9 Å². The lowest BCUT2D eigenvalue weighted by Gasteiger charge is -1.94. The highest BCUT2D eigenvalue weighted by atomic mass is 32.1. The van der Waals surface area contributed by atoms with Gasteiger partial charge >= 0.3 is 0 Å². The van der Waals surface area contributed by atoms with Crippen LogP contribution >= 0.6 is 13.5 Å². The molecule has 11 heavy (non-hydrogen) atoms. The lowest BCUT2D eigenvalue weighted by atomic mass is 10.2. The average molecular weight is 167 g/mol. The summed E-state index contributed by atoms with van der Waals surface area (Å²) in [6.45, 7) is 0.372. The molecule has 0 atom stereocenters. The van der Waals surface area contributed by atoms with Crippen LogP contribution in [0.5, 0.6) is 0 Å². The minimum absolute atomic E-state index is 0. The smallest absolute Gasteiger partial charge is 0.286 e. The Hall–Kier alpha value is -1.14. The van der Waals surface area contributed by atoms with E-state index in [1.165, 1.54) is 0 Å². The summed E-state index contributed by atoms with van der Waals surface area (Å²) in [5, 5.41) is 8.06. The molecule has 0 bridgehead atoms. The van der Waals surface area contributed by atoms with E-state index in [2.05, 4.69) is 4.74 Å². The summed E-state index contributed by atoms with van der Waals surface area (Å²) in [4.78, 5) is 0. The van der Waals surface area contributed by atoms with Gasteiger partial charge in [-0.05, 0) is 5.56 Å². The zero-order chi connectivity index (χ0) is 7.23. The molecule has 0 aliphatic carbocycles. The van der Waals surface area contributed by atoms with Gasteiger partial charge in [-0.1, -0.05) is 30.3 Å². The topological polar surface area (TPSA) is 33.0 Å². The average Bonchev–Trinajstić information content (AvgIpc) is 2.03. The molecule has 0 unspecified atom stereocenters. The van der Waals surface area contributed by atoms with E-state index in [4.69, 9.17) is 5.26 Å². The van der Waals surface area contributed by atoms with Crippen LogP contribution in [0.3, 0.4) is 0 Å². The van der Waals surface area contributed by atoms with Crippen molar-refractivity contribution in [3.8, 4) is 6.26 Å². The molecule has 2 nitrogen and oxygen atoms in total. The quantitative estimate of drug-likeness (QED) is 0.629. The zero-order valence-electron chi connectivity index (χ0n) is 5.95. The van der Waals surface area contributed by atoms with Gasteiger partial charge in [-0.2, -0.15) is 18.8 Å². The fraction of sp³-hybridized carbons (Fsp3) is 0.125. The monoisotopic (exact) mass is 167 g/mol. The van der Waals surface area contributed by atoms with Gasteiger partial charge in [0.05, 0.1) is 0 Å². The molecule has 0 saturated carbocycles. The van der Waals surface area contributed by atoms with Gasteiger partial charge in [-0.15, -0.1) is 0 Å². The molecule has 0 N–H and O–H groups in total. The second kappa shape index (κ2) is 5.63. The molecule has 0 aromatic heterocycles. The van der Waals surface area contributed by atoms with Crippen LogP contribution < -0.4 is 0 Å². The van der Waals surface area contributed by atoms with Gasteiger partial charge in [-0.25, -0.2) is 0 Å². The normalized spacial score (nSPS) is 7.55. The molecular formula is C8H9NOS. The van der Waals surface area contributed by atoms with Crippen LogP contribution in [0.1, 0.15) is 5.56 Å². The van der Waals surface area contributed by atoms with Crippen molar-refractivity contribution in [1.29, 1.82) is 5.26 Å². The van der Waals surface area contributed by atoms with Crippen molar-refractivity contribution in [2.45, 2.75) is 6.61 Å². The molecule has 0 spiro atoms. The minimum atomic E-state index is 0. The first kappa shape index (κ1) is 9.86. The van der Waals surface area contributed by atoms with Crippen LogP contribution in [0.25, 0.3) is 0 Å². The lowest BCUT2D eigenvalue weighted by molar-refractivity contribution is 0.257. The van der Waals surface area contributed by atoms with E-state index in [1.54, 1.807) is 6.26 Å². The van der Waals surface area contributed by atoms with Crippen molar-refractivity contribution in [2.24, 2.45) is 0 Å². The van der Waals surface area contributed by atoms with Gasteiger partial charge in [0.25, 0.3) is 6.26 Å². The number of ether oxygens (including phenoxy) is 1. The van der Waals surface area contributed by atoms with Gasteiger partial charge in [0.1, 0.15) is 6.61 Å². The van der Waals surface area contributed by atoms with Crippen molar-refractivity contribution in [2.75, 3.05) is 0 Å². The second-order valence-electron chi connectivity index (χ2n) is 1.87. The first-order valence-electron chi connectivity index (χ1n) is 2.98. The third-order valence-corrected chi connectivity index (χ3v) is 1.15. The van der Waals surface area contributed by atoms with Gasteiger partial charge < -0.3 is 4.74 Å². The number of rotatable bonds is 2. The predicted molar refractivity (Wildman–Crippen MR) is 47.2 cm³/mol. The van der Waals surface area contributed by atoms with E-state index >= 15 is 0 Å². The Morgan fingerprint density at radius 1 is 1.27 bits per heavy atom. The maximum Gasteiger partial charge on any atom is 0.286 e. The molecule has 0 aliphatic rings. The van der Waals surface area contributed by atoms with Crippen molar-refractivity contribution in [1.82, 2.24) is 0 Å². The van der Waals surface area contributed by atoms with Crippen molar-refractivity contribution >= 4 is 13.5 Å². The van der Waals surface area contributed by atoms with E-state index in [0.717, 1.165) is 5.56 Å². The zero-order valence-corrected chi connectivity index (χ0v) is 6.95. The van der Waals surface area contributed by atoms with E-state index in [0.29, 0.717) is 6.61 Å². The lowest BCUT2D eigenvalue weighted by Crippen LogP contribution is -1.84. The summed E-state index contributed by atoms with van der Waals surface area (Å²) in [6.07, 6.45) is 1.62. The minimum Gasteiger partial charge on any atom is -0.423 e. The third-order valence-electron chi connectivity index (χ3n) is 1.15. The molecule has 0 aliphatic heterocycles. The fourth-order valence-corrected chi connectivity index (χ4v) is 0.690. The number of nitriles is 1. The first-order chi connectivity index (χ1) is 4.93. The number of nitrogens with zero attached hydrogens (tertiary/aromatic N) is 1. The molecule has 1 aromatic carbocycles. The molecule has 0 saturated heterocycles. The van der Waals surface area contributed by atoms with Crippen LogP contribution in [-0.4, -0.2) is 0 Å². The van der Waals surface area contributed by atoms with Gasteiger partial charge in [0.2, 0.25) is 0 Å². The Balaban J connectivity index is 0.000001000. The molecule has 0 fully saturated rings. The van der Waals surface area contributed by atoms with Crippen LogP contribution in [0.15, 0.2) is 30.3 Å². The highest BCUT2D eigenvalue weighted by Gasteiger charge is 1.87. The molecule has 0 heterocycles. The van der Waals surface area contributed by atoms with Gasteiger partial charge in [0, 0.05) is 0 Å². The summed E-state index contributed by atoms with van der Waals surface area (Å²) in [7, 11) is 0. The summed E-state index contributed by atoms with van der Waals surface area (Å²) in [5.41, 5.74) is 1.02. The number of hydrogen-bond donors (Lipinski definition) is 0. The standard InChI is InChI=1S/C8H7NO.H2S/c9-7-10-6-8-4-2-1-3-5-8;/h1-5H,6H2;1H2. The SMILES string of the molecule is N#COCc1ccccc1.S. The summed E-state index contributed by atoms with van der Waals surface area (Å²) in [6, 6.07) is 9.58. The van der Waals surface area contributed by atoms with E-state index in [1.807, 2.05) is 30.3 Å². The van der Waals surface area contributed by atoms with Crippen LogP contribution in [0.2, 0.25) is 0 Å². The van der Waals surface area contributed by atoms with Crippen molar-refractivity contribution in [3.05, 3.63) is 35.9 Å². The largest absolute Gasteiger partial charge is 0.423 e. The fourth-order valence-electron chi connectivity index (χ4n) is 0.690. The second-order valence-corrected chi connectivity index (χ2v) is 1.87. The van der Waals surface area contributed by atoms with E-state index in [-0.39, 0.29) is 13.5 Å². The molecule has 58 valence electrons. The Morgan fingerprint density at radius 2 is 1.91 bits per heavy atom. The molecule has 0 radical (unpaired) electrons. The molecular weight excluding hydrogens is 158 g/mol. The number of benzene rings is 1. The molecule has 3 heteroatoms. The van der Waals surface area contributed by atoms with Crippen LogP contribution in [0.4, 0.5) is 0 Å². The van der Waals surface area contributed by atoms with Crippen LogP contribution in [-0.2, 0) is 11.3 Å². The van der Waals surface area contributed by atoms with E-state index in [9.17, 15) is 0 Å². The maximum atomic E-state index is 8.06. The Morgan fingerprint density at radius 3 is 2.45 bits per heavy atom. The molecule has 1 aromatic rings. The Kier molecular flexibility index (Phi) is 5.05. The maximum absolute atomic E-state index is 8.06. The highest BCUT2D eigenvalue weighted by Crippen LogP contribution is 1.98. The van der Waals surface area contributed by atoms with Crippen LogP contribution in [0, 0.1) is 11.5 Å². The van der Waals surface area contributed by atoms with Gasteiger partial charge in [0.15, 0.2) is 0 Å². The first-order valence-corrected chi connectivity index (χ1v) is 2.98. The Bertz CT molecular complexity index is 230. The van der Waals surface area contributed by atoms with Crippen molar-refractivity contribution in [3.63, 3.8) is 0 Å². The summed E-state index contributed by atoms with van der Waals surface area (Å²) < 4.78 is 4.53. The molecule has 0 amide bonds. The summed E-state index contributed by atoms with van der Waals surface area (Å²) in [5.74, 6) is 0. The van der Waals surface area contributed by atoms with E-state index < -0.39 is 0 Å². The summed E-state index contributed by atoms with van der Waals surface area (Å²) >= 11 is 0. The third kappa shape index (κ3) is 3.54. The highest BCUT2D eigenvalue weighted by molar-refractivity contribution is 7.59.